The molecule has 1 unspecified atom stereocenters. The summed E-state index contributed by atoms with van der Waals surface area (Å²) in [7, 11) is 0. The number of hydrogen-bond donors (Lipinski definition) is 2. The minimum atomic E-state index is -0.930. The average Bonchev–Trinajstić information content (AvgIpc) is 2.62. The molecule has 0 spiro atoms. The van der Waals surface area contributed by atoms with Gasteiger partial charge in [-0.25, -0.2) is 0 Å². The zero-order valence-corrected chi connectivity index (χ0v) is 15.0. The van der Waals surface area contributed by atoms with Gasteiger partial charge in [-0.1, -0.05) is 43.6 Å². The van der Waals surface area contributed by atoms with Crippen molar-refractivity contribution in [1.82, 2.24) is 0 Å². The zero-order chi connectivity index (χ0) is 19.3. The van der Waals surface area contributed by atoms with Crippen LogP contribution >= 0.6 is 11.6 Å². The maximum absolute atomic E-state index is 12.2. The largest absolute Gasteiger partial charge is 0.318 e. The molecular weight excluding hydrogens is 358 g/mol. The molecule has 0 radical (unpaired) electrons. The van der Waals surface area contributed by atoms with E-state index in [-0.39, 0.29) is 22.3 Å². The smallest absolute Gasteiger partial charge is 0.314 e. The summed E-state index contributed by atoms with van der Waals surface area (Å²) < 4.78 is 0. The standard InChI is InChI=1S/C18H18ClN3O4/c1-3-11(2)13-6-4-5-7-15(13)21-18(24)17(23)20-12-8-9-14(19)16(10-12)22(25)26/h4-11H,3H2,1-2H3,(H,20,23)(H,21,24). The van der Waals surface area contributed by atoms with Gasteiger partial charge < -0.3 is 10.6 Å². The van der Waals surface area contributed by atoms with E-state index in [1.54, 1.807) is 12.1 Å². The van der Waals surface area contributed by atoms with Crippen molar-refractivity contribution >= 4 is 40.5 Å². The van der Waals surface area contributed by atoms with Gasteiger partial charge in [0, 0.05) is 17.4 Å². The highest BCUT2D eigenvalue weighted by Gasteiger charge is 2.19. The Morgan fingerprint density at radius 1 is 1.15 bits per heavy atom. The van der Waals surface area contributed by atoms with Crippen molar-refractivity contribution in [3.63, 3.8) is 0 Å². The monoisotopic (exact) mass is 375 g/mol. The number of anilines is 2. The number of nitro groups is 1. The van der Waals surface area contributed by atoms with Crippen molar-refractivity contribution in [2.75, 3.05) is 10.6 Å². The molecule has 2 N–H and O–H groups in total. The summed E-state index contributed by atoms with van der Waals surface area (Å²) in [6.07, 6.45) is 0.882. The van der Waals surface area contributed by atoms with E-state index in [1.807, 2.05) is 26.0 Å². The van der Waals surface area contributed by atoms with Gasteiger partial charge in [0.05, 0.1) is 4.92 Å². The Labute approximate surface area is 155 Å². The number of benzene rings is 2. The molecule has 0 aromatic heterocycles. The van der Waals surface area contributed by atoms with E-state index in [0.29, 0.717) is 5.69 Å². The van der Waals surface area contributed by atoms with Crippen LogP contribution in [0.2, 0.25) is 5.02 Å². The van der Waals surface area contributed by atoms with E-state index in [9.17, 15) is 19.7 Å². The van der Waals surface area contributed by atoms with Gasteiger partial charge in [0.1, 0.15) is 5.02 Å². The van der Waals surface area contributed by atoms with E-state index >= 15 is 0 Å². The number of para-hydroxylation sites is 1. The topological polar surface area (TPSA) is 101 Å². The predicted molar refractivity (Wildman–Crippen MR) is 101 cm³/mol. The minimum absolute atomic E-state index is 0.0556. The van der Waals surface area contributed by atoms with Crippen molar-refractivity contribution < 1.29 is 14.5 Å². The number of carbonyl (C=O) groups is 2. The molecule has 26 heavy (non-hydrogen) atoms. The molecule has 2 amide bonds. The number of nitro benzene ring substituents is 1. The highest BCUT2D eigenvalue weighted by molar-refractivity contribution is 6.43. The highest BCUT2D eigenvalue weighted by atomic mass is 35.5. The van der Waals surface area contributed by atoms with Gasteiger partial charge in [0.2, 0.25) is 0 Å². The lowest BCUT2D eigenvalue weighted by Gasteiger charge is -2.15. The van der Waals surface area contributed by atoms with Crippen molar-refractivity contribution in [3.8, 4) is 0 Å². The molecule has 0 aliphatic heterocycles. The van der Waals surface area contributed by atoms with Crippen molar-refractivity contribution in [2.45, 2.75) is 26.2 Å². The second kappa shape index (κ2) is 8.44. The van der Waals surface area contributed by atoms with E-state index in [0.717, 1.165) is 18.1 Å². The van der Waals surface area contributed by atoms with Crippen LogP contribution in [0.1, 0.15) is 31.7 Å². The Bertz CT molecular complexity index is 854. The summed E-state index contributed by atoms with van der Waals surface area (Å²) in [5.41, 5.74) is 1.24. The molecule has 0 fully saturated rings. The number of nitrogens with zero attached hydrogens (tertiary/aromatic N) is 1. The summed E-state index contributed by atoms with van der Waals surface area (Å²) in [5, 5.41) is 15.8. The number of hydrogen-bond acceptors (Lipinski definition) is 4. The maximum atomic E-state index is 12.2. The number of rotatable bonds is 5. The number of nitrogens with one attached hydrogen (secondary N) is 2. The van der Waals surface area contributed by atoms with Crippen LogP contribution in [0.15, 0.2) is 42.5 Å². The Balaban J connectivity index is 2.13. The minimum Gasteiger partial charge on any atom is -0.318 e. The molecule has 136 valence electrons. The number of carbonyl (C=O) groups excluding carboxylic acids is 2. The summed E-state index contributed by atoms with van der Waals surface area (Å²) in [6, 6.07) is 11.0. The second-order valence-electron chi connectivity index (χ2n) is 5.73. The third kappa shape index (κ3) is 4.58. The van der Waals surface area contributed by atoms with Crippen LogP contribution in [0.3, 0.4) is 0 Å². The second-order valence-corrected chi connectivity index (χ2v) is 6.14. The van der Waals surface area contributed by atoms with E-state index < -0.39 is 16.7 Å². The van der Waals surface area contributed by atoms with Crippen LogP contribution in [0.25, 0.3) is 0 Å². The third-order valence-electron chi connectivity index (χ3n) is 3.96. The molecule has 0 aliphatic rings. The summed E-state index contributed by atoms with van der Waals surface area (Å²) >= 11 is 5.72. The van der Waals surface area contributed by atoms with Gasteiger partial charge in [-0.05, 0) is 36.1 Å². The Hall–Kier alpha value is -2.93. The molecule has 0 aliphatic carbocycles. The molecule has 2 rings (SSSR count). The van der Waals surface area contributed by atoms with Gasteiger partial charge in [-0.2, -0.15) is 0 Å². The molecule has 0 saturated carbocycles. The third-order valence-corrected chi connectivity index (χ3v) is 4.28. The molecular formula is C18H18ClN3O4. The Kier molecular flexibility index (Phi) is 6.30. The van der Waals surface area contributed by atoms with Gasteiger partial charge in [-0.15, -0.1) is 0 Å². The Morgan fingerprint density at radius 3 is 2.46 bits per heavy atom. The van der Waals surface area contributed by atoms with Gasteiger partial charge in [0.25, 0.3) is 5.69 Å². The fourth-order valence-corrected chi connectivity index (χ4v) is 2.54. The van der Waals surface area contributed by atoms with Crippen molar-refractivity contribution in [2.24, 2.45) is 0 Å². The number of amides is 2. The lowest BCUT2D eigenvalue weighted by atomic mass is 9.97. The summed E-state index contributed by atoms with van der Waals surface area (Å²) in [5.74, 6) is -1.58. The zero-order valence-electron chi connectivity index (χ0n) is 14.3. The quantitative estimate of drug-likeness (QED) is 0.461. The predicted octanol–water partition coefficient (Wildman–Crippen LogP) is 4.34. The van der Waals surface area contributed by atoms with Crippen LogP contribution in [0.4, 0.5) is 17.1 Å². The van der Waals surface area contributed by atoms with Gasteiger partial charge in [0.15, 0.2) is 0 Å². The fourth-order valence-electron chi connectivity index (χ4n) is 2.36. The van der Waals surface area contributed by atoms with Crippen molar-refractivity contribution in [1.29, 1.82) is 0 Å². The van der Waals surface area contributed by atoms with Crippen molar-refractivity contribution in [3.05, 3.63) is 63.2 Å². The normalized spacial score (nSPS) is 11.5. The van der Waals surface area contributed by atoms with Crippen LogP contribution in [-0.2, 0) is 9.59 Å². The van der Waals surface area contributed by atoms with Crippen LogP contribution < -0.4 is 10.6 Å². The van der Waals surface area contributed by atoms with Crippen LogP contribution in [-0.4, -0.2) is 16.7 Å². The van der Waals surface area contributed by atoms with E-state index in [1.165, 1.54) is 12.1 Å². The molecule has 2 aromatic carbocycles. The SMILES string of the molecule is CCC(C)c1ccccc1NC(=O)C(=O)Nc1ccc(Cl)c([N+](=O)[O-])c1. The van der Waals surface area contributed by atoms with Gasteiger partial charge >= 0.3 is 11.8 Å². The highest BCUT2D eigenvalue weighted by Crippen LogP contribution is 2.28. The molecule has 2 aromatic rings. The number of halogens is 1. The first-order chi connectivity index (χ1) is 12.3. The fraction of sp³-hybridized carbons (Fsp3) is 0.222. The van der Waals surface area contributed by atoms with E-state index in [4.69, 9.17) is 11.6 Å². The first-order valence-corrected chi connectivity index (χ1v) is 8.36. The Morgan fingerprint density at radius 2 is 1.81 bits per heavy atom. The summed E-state index contributed by atoms with van der Waals surface area (Å²) in [6.45, 7) is 4.06. The van der Waals surface area contributed by atoms with Crippen LogP contribution in [0, 0.1) is 10.1 Å². The first kappa shape index (κ1) is 19.4. The van der Waals surface area contributed by atoms with Gasteiger partial charge in [-0.3, -0.25) is 19.7 Å². The first-order valence-electron chi connectivity index (χ1n) is 7.98. The van der Waals surface area contributed by atoms with Crippen LogP contribution in [0.5, 0.6) is 0 Å². The molecule has 8 heteroatoms. The molecule has 0 saturated heterocycles. The lowest BCUT2D eigenvalue weighted by Crippen LogP contribution is -2.29. The van der Waals surface area contributed by atoms with E-state index in [2.05, 4.69) is 10.6 Å². The summed E-state index contributed by atoms with van der Waals surface area (Å²) in [4.78, 5) is 34.5. The molecule has 0 heterocycles. The molecule has 7 nitrogen and oxygen atoms in total. The lowest BCUT2D eigenvalue weighted by molar-refractivity contribution is -0.384. The maximum Gasteiger partial charge on any atom is 0.314 e. The molecule has 1 atom stereocenters. The molecule has 0 bridgehead atoms. The average molecular weight is 376 g/mol.